The van der Waals surface area contributed by atoms with Crippen LogP contribution in [0, 0.1) is 17.2 Å². The first-order valence-corrected chi connectivity index (χ1v) is 7.73. The van der Waals surface area contributed by atoms with Crippen LogP contribution in [0.1, 0.15) is 30.8 Å². The minimum absolute atomic E-state index is 0.0327. The maximum Gasteiger partial charge on any atom is 0.266 e. The predicted octanol–water partition coefficient (Wildman–Crippen LogP) is 4.60. The molecule has 0 bridgehead atoms. The molecule has 2 aromatic rings. The van der Waals surface area contributed by atoms with E-state index < -0.39 is 5.91 Å². The molecule has 1 aliphatic carbocycles. The fourth-order valence-corrected chi connectivity index (χ4v) is 2.59. The van der Waals surface area contributed by atoms with Crippen LogP contribution in [-0.4, -0.2) is 5.91 Å². The molecular weight excluding hydrogens is 312 g/mol. The highest BCUT2D eigenvalue weighted by molar-refractivity contribution is 6.34. The topological polar surface area (TPSA) is 66.0 Å². The van der Waals surface area contributed by atoms with Gasteiger partial charge < -0.3 is 9.73 Å². The van der Waals surface area contributed by atoms with Crippen molar-refractivity contribution in [2.24, 2.45) is 5.92 Å². The third-order valence-electron chi connectivity index (χ3n) is 3.90. The van der Waals surface area contributed by atoms with Gasteiger partial charge in [0.1, 0.15) is 23.2 Å². The lowest BCUT2D eigenvalue weighted by molar-refractivity contribution is -0.112. The summed E-state index contributed by atoms with van der Waals surface area (Å²) in [7, 11) is 0. The van der Waals surface area contributed by atoms with Crippen LogP contribution in [0.3, 0.4) is 0 Å². The van der Waals surface area contributed by atoms with Crippen molar-refractivity contribution in [3.63, 3.8) is 0 Å². The molecule has 1 saturated carbocycles. The fraction of sp³-hybridized carbons (Fsp3) is 0.222. The lowest BCUT2D eigenvalue weighted by Crippen LogP contribution is -2.13. The predicted molar refractivity (Wildman–Crippen MR) is 88.9 cm³/mol. The van der Waals surface area contributed by atoms with Gasteiger partial charge in [-0.2, -0.15) is 5.26 Å². The van der Waals surface area contributed by atoms with E-state index >= 15 is 0 Å². The maximum absolute atomic E-state index is 12.2. The highest BCUT2D eigenvalue weighted by atomic mass is 35.5. The van der Waals surface area contributed by atoms with Gasteiger partial charge in [0.2, 0.25) is 0 Å². The van der Waals surface area contributed by atoms with Crippen molar-refractivity contribution in [3.8, 4) is 6.07 Å². The number of hydrogen-bond donors (Lipinski definition) is 1. The van der Waals surface area contributed by atoms with Gasteiger partial charge in [0.05, 0.1) is 10.7 Å². The first-order valence-electron chi connectivity index (χ1n) is 7.36. The van der Waals surface area contributed by atoms with E-state index in [2.05, 4.69) is 12.2 Å². The molecule has 4 nitrogen and oxygen atoms in total. The van der Waals surface area contributed by atoms with Gasteiger partial charge in [-0.3, -0.25) is 4.79 Å². The molecule has 3 rings (SSSR count). The minimum Gasteiger partial charge on any atom is -0.461 e. The molecule has 2 atom stereocenters. The first-order chi connectivity index (χ1) is 11.1. The monoisotopic (exact) mass is 326 g/mol. The van der Waals surface area contributed by atoms with Gasteiger partial charge in [0, 0.05) is 12.0 Å². The van der Waals surface area contributed by atoms with Crippen LogP contribution in [0.4, 0.5) is 5.69 Å². The highest BCUT2D eigenvalue weighted by Crippen LogP contribution is 2.47. The molecular formula is C18H15ClN2O2. The number of hydrogen-bond acceptors (Lipinski definition) is 3. The number of nitriles is 1. The Kier molecular flexibility index (Phi) is 4.22. The van der Waals surface area contributed by atoms with Crippen molar-refractivity contribution in [2.75, 3.05) is 5.32 Å². The average Bonchev–Trinajstić information content (AvgIpc) is 3.09. The number of nitrogens with zero attached hydrogens (tertiary/aromatic N) is 1. The van der Waals surface area contributed by atoms with Gasteiger partial charge in [-0.05, 0) is 36.6 Å². The summed E-state index contributed by atoms with van der Waals surface area (Å²) in [4.78, 5) is 12.2. The summed E-state index contributed by atoms with van der Waals surface area (Å²) in [6.45, 7) is 2.17. The second kappa shape index (κ2) is 6.31. The molecule has 1 aliphatic rings. The minimum atomic E-state index is -0.515. The van der Waals surface area contributed by atoms with E-state index in [9.17, 15) is 10.1 Å². The molecule has 0 spiro atoms. The van der Waals surface area contributed by atoms with Gasteiger partial charge in [-0.15, -0.1) is 0 Å². The second-order valence-electron chi connectivity index (χ2n) is 5.66. The SMILES string of the molecule is C[C@H]1C[C@H]1c1ccc(/C=C(\C#N)C(=O)Nc2ccccc2Cl)o1. The van der Waals surface area contributed by atoms with Crippen LogP contribution < -0.4 is 5.32 Å². The second-order valence-corrected chi connectivity index (χ2v) is 6.07. The lowest BCUT2D eigenvalue weighted by Gasteiger charge is -2.05. The number of furan rings is 1. The number of rotatable bonds is 4. The molecule has 1 amide bonds. The Balaban J connectivity index is 1.76. The van der Waals surface area contributed by atoms with E-state index in [0.717, 1.165) is 12.2 Å². The smallest absolute Gasteiger partial charge is 0.266 e. The van der Waals surface area contributed by atoms with Crippen molar-refractivity contribution in [2.45, 2.75) is 19.3 Å². The Morgan fingerprint density at radius 2 is 2.13 bits per heavy atom. The maximum atomic E-state index is 12.2. The molecule has 1 aromatic carbocycles. The molecule has 23 heavy (non-hydrogen) atoms. The summed E-state index contributed by atoms with van der Waals surface area (Å²) < 4.78 is 5.70. The van der Waals surface area contributed by atoms with Crippen LogP contribution in [0.2, 0.25) is 5.02 Å². The lowest BCUT2D eigenvalue weighted by atomic mass is 10.2. The van der Waals surface area contributed by atoms with E-state index in [-0.39, 0.29) is 5.57 Å². The number of amides is 1. The molecule has 1 fully saturated rings. The van der Waals surface area contributed by atoms with Crippen molar-refractivity contribution in [3.05, 3.63) is 58.5 Å². The van der Waals surface area contributed by atoms with Crippen LogP contribution in [0.15, 0.2) is 46.4 Å². The highest BCUT2D eigenvalue weighted by Gasteiger charge is 2.36. The van der Waals surface area contributed by atoms with E-state index in [4.69, 9.17) is 16.0 Å². The summed E-state index contributed by atoms with van der Waals surface area (Å²) in [5.41, 5.74) is 0.432. The number of carbonyl (C=O) groups is 1. The number of nitrogens with one attached hydrogen (secondary N) is 1. The van der Waals surface area contributed by atoms with Gasteiger partial charge in [0.15, 0.2) is 0 Å². The van der Waals surface area contributed by atoms with Crippen LogP contribution in [0.25, 0.3) is 6.08 Å². The Hall–Kier alpha value is -2.51. The summed E-state index contributed by atoms with van der Waals surface area (Å²) in [5, 5.41) is 12.3. The normalized spacial score (nSPS) is 20.0. The van der Waals surface area contributed by atoms with Gasteiger partial charge in [-0.25, -0.2) is 0 Å². The average molecular weight is 327 g/mol. The molecule has 0 radical (unpaired) electrons. The molecule has 5 heteroatoms. The van der Waals surface area contributed by atoms with Crippen molar-refractivity contribution < 1.29 is 9.21 Å². The Morgan fingerprint density at radius 1 is 1.39 bits per heavy atom. The van der Waals surface area contributed by atoms with Crippen molar-refractivity contribution in [1.82, 2.24) is 0 Å². The van der Waals surface area contributed by atoms with Gasteiger partial charge in [-0.1, -0.05) is 30.7 Å². The van der Waals surface area contributed by atoms with Crippen LogP contribution in [-0.2, 0) is 4.79 Å². The summed E-state index contributed by atoms with van der Waals surface area (Å²) in [5.74, 6) is 1.99. The summed E-state index contributed by atoms with van der Waals surface area (Å²) in [6.07, 6.45) is 2.57. The largest absolute Gasteiger partial charge is 0.461 e. The zero-order valence-corrected chi connectivity index (χ0v) is 13.3. The molecule has 1 aromatic heterocycles. The molecule has 1 N–H and O–H groups in total. The van der Waals surface area contributed by atoms with Crippen LogP contribution in [0.5, 0.6) is 0 Å². The molecule has 116 valence electrons. The van der Waals surface area contributed by atoms with Crippen LogP contribution >= 0.6 is 11.6 Å². The quantitative estimate of drug-likeness (QED) is 0.659. The van der Waals surface area contributed by atoms with E-state index in [0.29, 0.717) is 28.3 Å². The van der Waals surface area contributed by atoms with Crippen molar-refractivity contribution in [1.29, 1.82) is 5.26 Å². The Morgan fingerprint density at radius 3 is 2.78 bits per heavy atom. The zero-order chi connectivity index (χ0) is 16.4. The molecule has 0 aliphatic heterocycles. The number of benzene rings is 1. The Bertz CT molecular complexity index is 816. The van der Waals surface area contributed by atoms with Crippen molar-refractivity contribution >= 4 is 29.3 Å². The molecule has 0 saturated heterocycles. The Labute approximate surface area is 139 Å². The number of halogens is 1. The van der Waals surface area contributed by atoms with Gasteiger partial charge in [0.25, 0.3) is 5.91 Å². The first kappa shape index (κ1) is 15.4. The zero-order valence-electron chi connectivity index (χ0n) is 12.5. The third-order valence-corrected chi connectivity index (χ3v) is 4.23. The third kappa shape index (κ3) is 3.46. The number of para-hydroxylation sites is 1. The molecule has 1 heterocycles. The summed E-state index contributed by atoms with van der Waals surface area (Å²) in [6, 6.07) is 12.4. The van der Waals surface area contributed by atoms with E-state index in [1.54, 1.807) is 30.3 Å². The summed E-state index contributed by atoms with van der Waals surface area (Å²) >= 11 is 6.00. The number of anilines is 1. The standard InChI is InChI=1S/C18H15ClN2O2/c1-11-8-14(11)17-7-6-13(23-17)9-12(10-20)18(22)21-16-5-3-2-4-15(16)19/h2-7,9,11,14H,8H2,1H3,(H,21,22)/b12-9+/t11-,14+/m0/s1. The fourth-order valence-electron chi connectivity index (χ4n) is 2.41. The van der Waals surface area contributed by atoms with E-state index in [1.807, 2.05) is 12.1 Å². The molecule has 0 unspecified atom stereocenters. The van der Waals surface area contributed by atoms with E-state index in [1.165, 1.54) is 6.08 Å². The van der Waals surface area contributed by atoms with Gasteiger partial charge >= 0.3 is 0 Å². The number of carbonyl (C=O) groups excluding carboxylic acids is 1.